The highest BCUT2D eigenvalue weighted by molar-refractivity contribution is 6.27. The third-order valence-corrected chi connectivity index (χ3v) is 9.75. The van der Waals surface area contributed by atoms with Crippen LogP contribution in [0.5, 0.6) is 0 Å². The van der Waals surface area contributed by atoms with Gasteiger partial charge in [0, 0.05) is 7.05 Å². The maximum atomic E-state index is 13.1. The van der Waals surface area contributed by atoms with Crippen molar-refractivity contribution in [1.82, 2.24) is 4.90 Å². The van der Waals surface area contributed by atoms with Crippen molar-refractivity contribution < 1.29 is 19.2 Å². The van der Waals surface area contributed by atoms with Gasteiger partial charge in [-0.05, 0) is 78.1 Å². The minimum atomic E-state index is -0.724. The van der Waals surface area contributed by atoms with E-state index in [1.807, 2.05) is 12.1 Å². The van der Waals surface area contributed by atoms with Crippen molar-refractivity contribution in [2.24, 2.45) is 23.7 Å². The number of anilines is 1. The molecule has 0 radical (unpaired) electrons. The van der Waals surface area contributed by atoms with Crippen LogP contribution in [0.3, 0.4) is 0 Å². The SMILES string of the molecule is Cc1ccc(CCc2ccc(-c3ccc(CCc4ccc(N5C(=O)C6C7C(=O)N(C)C(=O)C7C6C5=O)cc4)cc3)cc2)cc1. The number of aryl methyl sites for hydroxylation is 5. The van der Waals surface area contributed by atoms with E-state index >= 15 is 0 Å². The molecule has 0 N–H and O–H groups in total. The van der Waals surface area contributed by atoms with Crippen molar-refractivity contribution >= 4 is 29.3 Å². The number of nitrogens with zero attached hydrogens (tertiary/aromatic N) is 2. The zero-order valence-electron chi connectivity index (χ0n) is 24.9. The lowest BCUT2D eigenvalue weighted by atomic mass is 9.59. The summed E-state index contributed by atoms with van der Waals surface area (Å²) in [4.78, 5) is 53.4. The Morgan fingerprint density at radius 2 is 0.773 bits per heavy atom. The maximum absolute atomic E-state index is 13.1. The fraction of sp³-hybridized carbons (Fsp3) is 0.263. The second-order valence-electron chi connectivity index (χ2n) is 12.4. The van der Waals surface area contributed by atoms with Crippen molar-refractivity contribution in [3.05, 3.63) is 125 Å². The number of fused-ring (bicyclic) bond motifs is 4. The number of carbonyl (C=O) groups excluding carboxylic acids is 4. The third kappa shape index (κ3) is 4.75. The second kappa shape index (κ2) is 11.0. The molecule has 2 saturated heterocycles. The first kappa shape index (κ1) is 28.0. The largest absolute Gasteiger partial charge is 0.285 e. The Morgan fingerprint density at radius 1 is 0.455 bits per heavy atom. The fourth-order valence-corrected chi connectivity index (χ4v) is 7.07. The smallest absolute Gasteiger partial charge is 0.238 e. The van der Waals surface area contributed by atoms with Gasteiger partial charge in [0.15, 0.2) is 0 Å². The summed E-state index contributed by atoms with van der Waals surface area (Å²) in [6.07, 6.45) is 3.75. The fourth-order valence-electron chi connectivity index (χ4n) is 7.07. The highest BCUT2D eigenvalue weighted by atomic mass is 16.2. The van der Waals surface area contributed by atoms with Crippen molar-refractivity contribution in [1.29, 1.82) is 0 Å². The Balaban J connectivity index is 0.938. The van der Waals surface area contributed by atoms with Crippen LogP contribution in [0.1, 0.15) is 27.8 Å². The third-order valence-electron chi connectivity index (χ3n) is 9.75. The van der Waals surface area contributed by atoms with Crippen LogP contribution in [-0.4, -0.2) is 35.6 Å². The van der Waals surface area contributed by atoms with Crippen molar-refractivity contribution in [2.75, 3.05) is 11.9 Å². The van der Waals surface area contributed by atoms with Gasteiger partial charge in [-0.2, -0.15) is 0 Å². The molecule has 1 saturated carbocycles. The molecular weight excluding hydrogens is 548 g/mol. The number of hydrogen-bond donors (Lipinski definition) is 0. The average Bonchev–Trinajstić information content (AvgIpc) is 3.34. The van der Waals surface area contributed by atoms with Crippen LogP contribution in [-0.2, 0) is 44.9 Å². The van der Waals surface area contributed by atoms with Gasteiger partial charge in [0.05, 0.1) is 29.4 Å². The summed E-state index contributed by atoms with van der Waals surface area (Å²) in [6.45, 7) is 2.11. The van der Waals surface area contributed by atoms with Crippen LogP contribution < -0.4 is 4.90 Å². The number of benzene rings is 4. The molecule has 7 rings (SSSR count). The molecule has 0 aromatic heterocycles. The monoisotopic (exact) mass is 582 g/mol. The van der Waals surface area contributed by atoms with Gasteiger partial charge in [-0.15, -0.1) is 0 Å². The Kier molecular flexibility index (Phi) is 7.00. The molecule has 3 aliphatic rings. The molecule has 4 amide bonds. The maximum Gasteiger partial charge on any atom is 0.238 e. The predicted octanol–water partition coefficient (Wildman–Crippen LogP) is 5.58. The van der Waals surface area contributed by atoms with E-state index in [9.17, 15) is 19.2 Å². The first-order valence-electron chi connectivity index (χ1n) is 15.3. The van der Waals surface area contributed by atoms with Gasteiger partial charge < -0.3 is 0 Å². The molecular formula is C38H34N2O4. The molecule has 4 atom stereocenters. The molecule has 4 unspecified atom stereocenters. The van der Waals surface area contributed by atoms with Crippen LogP contribution in [0.25, 0.3) is 11.1 Å². The van der Waals surface area contributed by atoms with E-state index in [1.165, 1.54) is 45.3 Å². The quantitative estimate of drug-likeness (QED) is 0.254. The van der Waals surface area contributed by atoms with Crippen LogP contribution in [0.2, 0.25) is 0 Å². The molecule has 6 heteroatoms. The number of hydrogen-bond acceptors (Lipinski definition) is 4. The molecule has 0 spiro atoms. The first-order chi connectivity index (χ1) is 21.3. The Bertz CT molecular complexity index is 1720. The van der Waals surface area contributed by atoms with Gasteiger partial charge in [-0.3, -0.25) is 29.0 Å². The average molecular weight is 583 g/mol. The van der Waals surface area contributed by atoms with Gasteiger partial charge in [0.25, 0.3) is 0 Å². The zero-order chi connectivity index (χ0) is 30.5. The number of imide groups is 2. The van der Waals surface area contributed by atoms with Gasteiger partial charge >= 0.3 is 0 Å². The van der Waals surface area contributed by atoms with E-state index in [4.69, 9.17) is 0 Å². The lowest BCUT2D eigenvalue weighted by Gasteiger charge is -2.36. The molecule has 220 valence electrons. The van der Waals surface area contributed by atoms with Crippen LogP contribution >= 0.6 is 0 Å². The molecule has 44 heavy (non-hydrogen) atoms. The minimum absolute atomic E-state index is 0.352. The van der Waals surface area contributed by atoms with E-state index in [1.54, 1.807) is 12.1 Å². The molecule has 4 aromatic rings. The van der Waals surface area contributed by atoms with Gasteiger partial charge in [0.1, 0.15) is 0 Å². The van der Waals surface area contributed by atoms with E-state index in [2.05, 4.69) is 79.7 Å². The predicted molar refractivity (Wildman–Crippen MR) is 169 cm³/mol. The minimum Gasteiger partial charge on any atom is -0.285 e. The Labute approximate surface area is 257 Å². The summed E-state index contributed by atoms with van der Waals surface area (Å²) in [5.41, 5.74) is 9.22. The molecule has 3 fully saturated rings. The summed E-state index contributed by atoms with van der Waals surface area (Å²) in [7, 11) is 1.42. The number of likely N-dealkylation sites (tertiary alicyclic amines) is 1. The molecule has 0 bridgehead atoms. The van der Waals surface area contributed by atoms with Gasteiger partial charge in [0.2, 0.25) is 23.6 Å². The Morgan fingerprint density at radius 3 is 1.16 bits per heavy atom. The van der Waals surface area contributed by atoms with Gasteiger partial charge in [-0.25, -0.2) is 0 Å². The highest BCUT2D eigenvalue weighted by Crippen LogP contribution is 2.56. The summed E-state index contributed by atoms with van der Waals surface area (Å²) < 4.78 is 0. The van der Waals surface area contributed by atoms with Crippen molar-refractivity contribution in [3.8, 4) is 11.1 Å². The molecule has 4 aromatic carbocycles. The number of amides is 4. The van der Waals surface area contributed by atoms with Crippen molar-refractivity contribution in [2.45, 2.75) is 32.6 Å². The van der Waals surface area contributed by atoms with E-state index in [0.29, 0.717) is 5.69 Å². The molecule has 1 aliphatic carbocycles. The molecule has 2 heterocycles. The standard InChI is InChI=1S/C38H34N2O4/c1-23-3-5-24(6-4-23)7-8-25-11-17-28(18-12-25)29-19-13-26(14-20-29)9-10-27-15-21-30(22-16-27)40-37(43)33-31-32(34(33)38(40)44)36(42)39(2)35(31)41/h3-6,11-22,31-34H,7-10H2,1-2H3. The topological polar surface area (TPSA) is 74.8 Å². The Hall–Kier alpha value is -4.84. The zero-order valence-corrected chi connectivity index (χ0v) is 24.9. The first-order valence-corrected chi connectivity index (χ1v) is 15.3. The number of rotatable bonds is 8. The van der Waals surface area contributed by atoms with Crippen LogP contribution in [0.15, 0.2) is 97.1 Å². The lowest BCUT2D eigenvalue weighted by Crippen LogP contribution is -2.50. The number of carbonyl (C=O) groups is 4. The van der Waals surface area contributed by atoms with E-state index in [-0.39, 0.29) is 23.6 Å². The summed E-state index contributed by atoms with van der Waals surface area (Å²) >= 11 is 0. The lowest BCUT2D eigenvalue weighted by molar-refractivity contribution is -0.146. The summed E-state index contributed by atoms with van der Waals surface area (Å²) in [5.74, 6) is -4.29. The summed E-state index contributed by atoms with van der Waals surface area (Å²) in [5, 5.41) is 0. The van der Waals surface area contributed by atoms with E-state index in [0.717, 1.165) is 36.1 Å². The van der Waals surface area contributed by atoms with Gasteiger partial charge in [-0.1, -0.05) is 90.5 Å². The van der Waals surface area contributed by atoms with E-state index < -0.39 is 23.7 Å². The second-order valence-corrected chi connectivity index (χ2v) is 12.4. The molecule has 2 aliphatic heterocycles. The summed E-state index contributed by atoms with van der Waals surface area (Å²) in [6, 6.07) is 33.7. The van der Waals surface area contributed by atoms with Crippen LogP contribution in [0, 0.1) is 30.6 Å². The molecule has 6 nitrogen and oxygen atoms in total. The highest BCUT2D eigenvalue weighted by Gasteiger charge is 2.73. The van der Waals surface area contributed by atoms with Crippen LogP contribution in [0.4, 0.5) is 5.69 Å². The van der Waals surface area contributed by atoms with Crippen molar-refractivity contribution in [3.63, 3.8) is 0 Å². The normalized spacial score (nSPS) is 22.3.